The Hall–Kier alpha value is -1.03. The monoisotopic (exact) mass is 240 g/mol. The molecule has 0 amide bonds. The third-order valence-electron chi connectivity index (χ3n) is 3.33. The highest BCUT2D eigenvalue weighted by Gasteiger charge is 2.48. The Bertz CT molecular complexity index is 387. The summed E-state index contributed by atoms with van der Waals surface area (Å²) in [6.07, 6.45) is 1.47. The van der Waals surface area contributed by atoms with Gasteiger partial charge in [-0.3, -0.25) is 4.98 Å². The lowest BCUT2D eigenvalue weighted by Gasteiger charge is -2.44. The van der Waals surface area contributed by atoms with Crippen LogP contribution in [0.5, 0.6) is 0 Å². The molecule has 1 aliphatic carbocycles. The second kappa shape index (κ2) is 4.69. The standard InChI is InChI=1S/C13H18F2N2/c1-9(2)17-8-13(6-10(14)7-13)12-11(15)4-3-5-16-12/h3-5,9-10,17H,6-8H2,1-2H3. The molecule has 0 spiro atoms. The van der Waals surface area contributed by atoms with Crippen LogP contribution in [0.15, 0.2) is 18.3 Å². The molecule has 2 rings (SSSR count). The van der Waals surface area contributed by atoms with Gasteiger partial charge in [0, 0.05) is 24.2 Å². The molecule has 2 nitrogen and oxygen atoms in total. The Balaban J connectivity index is 2.20. The first kappa shape index (κ1) is 12.4. The molecule has 1 aliphatic rings. The number of rotatable bonds is 4. The molecule has 1 N–H and O–H groups in total. The van der Waals surface area contributed by atoms with Gasteiger partial charge in [-0.05, 0) is 25.0 Å². The predicted octanol–water partition coefficient (Wildman–Crippen LogP) is 2.59. The number of alkyl halides is 1. The normalized spacial score (nSPS) is 28.2. The van der Waals surface area contributed by atoms with E-state index in [1.807, 2.05) is 13.8 Å². The molecule has 0 bridgehead atoms. The van der Waals surface area contributed by atoms with E-state index in [0.717, 1.165) is 0 Å². The van der Waals surface area contributed by atoms with Gasteiger partial charge in [-0.1, -0.05) is 13.8 Å². The number of nitrogens with zero attached hydrogens (tertiary/aromatic N) is 1. The molecule has 1 aromatic rings. The number of hydrogen-bond acceptors (Lipinski definition) is 2. The largest absolute Gasteiger partial charge is 0.314 e. The second-order valence-electron chi connectivity index (χ2n) is 5.16. The van der Waals surface area contributed by atoms with Crippen molar-refractivity contribution in [2.24, 2.45) is 0 Å². The first-order chi connectivity index (χ1) is 8.03. The molecule has 0 saturated heterocycles. The summed E-state index contributed by atoms with van der Waals surface area (Å²) >= 11 is 0. The molecule has 4 heteroatoms. The average molecular weight is 240 g/mol. The fraction of sp³-hybridized carbons (Fsp3) is 0.615. The van der Waals surface area contributed by atoms with Gasteiger partial charge in [0.25, 0.3) is 0 Å². The first-order valence-corrected chi connectivity index (χ1v) is 6.02. The minimum Gasteiger partial charge on any atom is -0.314 e. The van der Waals surface area contributed by atoms with Crippen LogP contribution in [0.3, 0.4) is 0 Å². The molecule has 0 aliphatic heterocycles. The van der Waals surface area contributed by atoms with Crippen LogP contribution in [0.25, 0.3) is 0 Å². The highest BCUT2D eigenvalue weighted by atomic mass is 19.1. The maximum Gasteiger partial charge on any atom is 0.145 e. The lowest BCUT2D eigenvalue weighted by molar-refractivity contribution is 0.0842. The SMILES string of the molecule is CC(C)NCC1(c2ncccc2F)CC(F)C1. The van der Waals surface area contributed by atoms with Crippen molar-refractivity contribution in [1.82, 2.24) is 10.3 Å². The van der Waals surface area contributed by atoms with Gasteiger partial charge in [-0.15, -0.1) is 0 Å². The third-order valence-corrected chi connectivity index (χ3v) is 3.33. The fourth-order valence-electron chi connectivity index (χ4n) is 2.39. The van der Waals surface area contributed by atoms with Crippen molar-refractivity contribution in [2.45, 2.75) is 44.3 Å². The van der Waals surface area contributed by atoms with Gasteiger partial charge < -0.3 is 5.32 Å². The Kier molecular flexibility index (Phi) is 3.43. The molecule has 1 fully saturated rings. The summed E-state index contributed by atoms with van der Waals surface area (Å²) in [6.45, 7) is 4.63. The van der Waals surface area contributed by atoms with Crippen molar-refractivity contribution in [2.75, 3.05) is 6.54 Å². The smallest absolute Gasteiger partial charge is 0.145 e. The molecule has 1 saturated carbocycles. The van der Waals surface area contributed by atoms with Crippen LogP contribution in [0, 0.1) is 5.82 Å². The van der Waals surface area contributed by atoms with Crippen LogP contribution in [0.4, 0.5) is 8.78 Å². The van der Waals surface area contributed by atoms with Gasteiger partial charge in [-0.2, -0.15) is 0 Å². The molecule has 0 atom stereocenters. The van der Waals surface area contributed by atoms with Gasteiger partial charge >= 0.3 is 0 Å². The van der Waals surface area contributed by atoms with E-state index >= 15 is 0 Å². The molecule has 1 heterocycles. The lowest BCUT2D eigenvalue weighted by atomic mass is 9.65. The number of nitrogens with one attached hydrogen (secondary N) is 1. The van der Waals surface area contributed by atoms with Crippen LogP contribution < -0.4 is 5.32 Å². The number of aromatic nitrogens is 1. The van der Waals surface area contributed by atoms with Gasteiger partial charge in [0.2, 0.25) is 0 Å². The quantitative estimate of drug-likeness (QED) is 0.875. The van der Waals surface area contributed by atoms with Crippen molar-refractivity contribution in [3.05, 3.63) is 29.8 Å². The topological polar surface area (TPSA) is 24.9 Å². The summed E-state index contributed by atoms with van der Waals surface area (Å²) < 4.78 is 26.9. The third kappa shape index (κ3) is 2.46. The van der Waals surface area contributed by atoms with Gasteiger partial charge in [-0.25, -0.2) is 8.78 Å². The Morgan fingerprint density at radius 2 is 2.24 bits per heavy atom. The summed E-state index contributed by atoms with van der Waals surface area (Å²) in [5.41, 5.74) is -0.0586. The Morgan fingerprint density at radius 3 is 2.76 bits per heavy atom. The van der Waals surface area contributed by atoms with E-state index in [-0.39, 0.29) is 5.82 Å². The van der Waals surface area contributed by atoms with Gasteiger partial charge in [0.1, 0.15) is 12.0 Å². The summed E-state index contributed by atoms with van der Waals surface area (Å²) in [5, 5.41) is 3.26. The van der Waals surface area contributed by atoms with Crippen molar-refractivity contribution in [1.29, 1.82) is 0 Å². The summed E-state index contributed by atoms with van der Waals surface area (Å²) in [7, 11) is 0. The van der Waals surface area contributed by atoms with E-state index in [4.69, 9.17) is 0 Å². The summed E-state index contributed by atoms with van der Waals surface area (Å²) in [6, 6.07) is 3.26. The number of halogens is 2. The Labute approximate surface area is 100 Å². The van der Waals surface area contributed by atoms with Crippen molar-refractivity contribution in [3.63, 3.8) is 0 Å². The predicted molar refractivity (Wildman–Crippen MR) is 63.1 cm³/mol. The van der Waals surface area contributed by atoms with E-state index in [1.54, 1.807) is 12.3 Å². The van der Waals surface area contributed by atoms with Gasteiger partial charge in [0.15, 0.2) is 0 Å². The van der Waals surface area contributed by atoms with Crippen LogP contribution in [-0.4, -0.2) is 23.7 Å². The van der Waals surface area contributed by atoms with E-state index in [9.17, 15) is 8.78 Å². The van der Waals surface area contributed by atoms with Crippen LogP contribution in [-0.2, 0) is 5.41 Å². The number of pyridine rings is 1. The minimum atomic E-state index is -0.828. The summed E-state index contributed by atoms with van der Waals surface area (Å²) in [4.78, 5) is 4.10. The molecule has 0 radical (unpaired) electrons. The molecular formula is C13H18F2N2. The molecule has 0 unspecified atom stereocenters. The second-order valence-corrected chi connectivity index (χ2v) is 5.16. The summed E-state index contributed by atoms with van der Waals surface area (Å²) in [5.74, 6) is -0.329. The molecule has 17 heavy (non-hydrogen) atoms. The molecule has 0 aromatic carbocycles. The van der Waals surface area contributed by atoms with E-state index < -0.39 is 11.6 Å². The highest BCUT2D eigenvalue weighted by molar-refractivity contribution is 5.25. The highest BCUT2D eigenvalue weighted by Crippen LogP contribution is 2.45. The van der Waals surface area contributed by atoms with Crippen LogP contribution in [0.1, 0.15) is 32.4 Å². The van der Waals surface area contributed by atoms with Gasteiger partial charge in [0.05, 0.1) is 5.69 Å². The molecular weight excluding hydrogens is 222 g/mol. The first-order valence-electron chi connectivity index (χ1n) is 6.02. The molecule has 94 valence electrons. The minimum absolute atomic E-state index is 0.303. The zero-order valence-corrected chi connectivity index (χ0v) is 10.2. The maximum absolute atomic E-state index is 13.7. The van der Waals surface area contributed by atoms with E-state index in [1.165, 1.54) is 6.07 Å². The molecule has 1 aromatic heterocycles. The van der Waals surface area contributed by atoms with Crippen molar-refractivity contribution >= 4 is 0 Å². The van der Waals surface area contributed by atoms with Crippen molar-refractivity contribution in [3.8, 4) is 0 Å². The Morgan fingerprint density at radius 1 is 1.53 bits per heavy atom. The number of hydrogen-bond donors (Lipinski definition) is 1. The van der Waals surface area contributed by atoms with E-state index in [2.05, 4.69) is 10.3 Å². The van der Waals surface area contributed by atoms with Crippen LogP contribution >= 0.6 is 0 Å². The van der Waals surface area contributed by atoms with Crippen LogP contribution in [0.2, 0.25) is 0 Å². The zero-order chi connectivity index (χ0) is 12.5. The van der Waals surface area contributed by atoms with Crippen molar-refractivity contribution < 1.29 is 8.78 Å². The zero-order valence-electron chi connectivity index (χ0n) is 10.2. The average Bonchev–Trinajstić information content (AvgIpc) is 2.23. The maximum atomic E-state index is 13.7. The van der Waals surface area contributed by atoms with E-state index in [0.29, 0.717) is 31.1 Å². The fourth-order valence-corrected chi connectivity index (χ4v) is 2.39. The lowest BCUT2D eigenvalue weighted by Crippen LogP contribution is -2.51.